The van der Waals surface area contributed by atoms with Crippen LogP contribution in [0.25, 0.3) is 11.3 Å². The Hall–Kier alpha value is -2.81. The third-order valence-electron chi connectivity index (χ3n) is 5.27. The smallest absolute Gasteiger partial charge is 0.343 e. The zero-order valence-corrected chi connectivity index (χ0v) is 17.8. The zero-order valence-electron chi connectivity index (χ0n) is 17.8. The highest BCUT2D eigenvalue weighted by Crippen LogP contribution is 2.32. The van der Waals surface area contributed by atoms with Gasteiger partial charge >= 0.3 is 6.03 Å². The van der Waals surface area contributed by atoms with Crippen molar-refractivity contribution in [1.82, 2.24) is 25.3 Å². The van der Waals surface area contributed by atoms with Crippen LogP contribution in [0, 0.1) is 17.0 Å². The molecule has 0 unspecified atom stereocenters. The van der Waals surface area contributed by atoms with E-state index in [-0.39, 0.29) is 17.2 Å². The van der Waals surface area contributed by atoms with Crippen molar-refractivity contribution in [3.8, 4) is 11.3 Å². The third-order valence-corrected chi connectivity index (χ3v) is 5.27. The van der Waals surface area contributed by atoms with Crippen molar-refractivity contribution < 1.29 is 18.4 Å². The molecule has 0 radical (unpaired) electrons. The second kappa shape index (κ2) is 8.14. The summed E-state index contributed by atoms with van der Waals surface area (Å²) in [6.45, 7) is 6.66. The molecule has 7 nitrogen and oxygen atoms in total. The summed E-state index contributed by atoms with van der Waals surface area (Å²) in [6.07, 6.45) is 0.517. The zero-order chi connectivity index (χ0) is 22.2. The summed E-state index contributed by atoms with van der Waals surface area (Å²) in [4.78, 5) is 27.4. The minimum Gasteiger partial charge on any atom is -0.357 e. The largest absolute Gasteiger partial charge is 0.357 e. The standard InChI is InChI=1S/C21H27F2N5O2/c1-21(2,3)18(19(29)24-4)25-20(30)28-16-8-9-27(5)11-14(16)17(26-28)13-10-12(22)6-7-15(13)23/h6-7,10,18H,8-9,11H2,1-5H3,(H,24,29)(H,25,30)/t18-/m1/s1. The van der Waals surface area contributed by atoms with Crippen molar-refractivity contribution in [3.05, 3.63) is 41.1 Å². The molecule has 1 aliphatic rings. The van der Waals surface area contributed by atoms with Gasteiger partial charge in [0, 0.05) is 37.7 Å². The highest BCUT2D eigenvalue weighted by molar-refractivity contribution is 5.88. The van der Waals surface area contributed by atoms with Crippen molar-refractivity contribution in [2.45, 2.75) is 39.8 Å². The minimum atomic E-state index is -0.796. The molecule has 1 aromatic carbocycles. The highest BCUT2D eigenvalue weighted by atomic mass is 19.1. The van der Waals surface area contributed by atoms with Gasteiger partial charge in [-0.2, -0.15) is 9.78 Å². The molecule has 162 valence electrons. The van der Waals surface area contributed by atoms with Crippen molar-refractivity contribution in [1.29, 1.82) is 0 Å². The van der Waals surface area contributed by atoms with Gasteiger partial charge in [-0.3, -0.25) is 4.79 Å². The molecule has 1 aliphatic heterocycles. The van der Waals surface area contributed by atoms with Gasteiger partial charge in [0.1, 0.15) is 23.4 Å². The molecule has 0 aliphatic carbocycles. The van der Waals surface area contributed by atoms with E-state index in [1.165, 1.54) is 11.7 Å². The van der Waals surface area contributed by atoms with Gasteiger partial charge in [-0.1, -0.05) is 20.8 Å². The first-order valence-electron chi connectivity index (χ1n) is 9.80. The summed E-state index contributed by atoms with van der Waals surface area (Å²) in [6, 6.07) is 1.79. The maximum Gasteiger partial charge on any atom is 0.343 e. The van der Waals surface area contributed by atoms with E-state index >= 15 is 0 Å². The van der Waals surface area contributed by atoms with Gasteiger partial charge in [-0.25, -0.2) is 13.6 Å². The quantitative estimate of drug-likeness (QED) is 0.802. The number of halogens is 2. The van der Waals surface area contributed by atoms with E-state index in [1.807, 2.05) is 32.7 Å². The molecule has 0 saturated heterocycles. The molecule has 0 fully saturated rings. The van der Waals surface area contributed by atoms with E-state index in [1.54, 1.807) is 0 Å². The van der Waals surface area contributed by atoms with Gasteiger partial charge < -0.3 is 15.5 Å². The lowest BCUT2D eigenvalue weighted by Gasteiger charge is -2.30. The van der Waals surface area contributed by atoms with Crippen LogP contribution in [0.5, 0.6) is 0 Å². The van der Waals surface area contributed by atoms with Gasteiger partial charge in [-0.15, -0.1) is 0 Å². The Labute approximate surface area is 174 Å². The van der Waals surface area contributed by atoms with E-state index in [4.69, 9.17) is 0 Å². The van der Waals surface area contributed by atoms with Crippen LogP contribution in [0.3, 0.4) is 0 Å². The molecule has 2 aromatic rings. The topological polar surface area (TPSA) is 79.3 Å². The number of rotatable bonds is 3. The maximum atomic E-state index is 14.5. The Balaban J connectivity index is 2.06. The number of aromatic nitrogens is 2. The normalized spacial score (nSPS) is 15.4. The lowest BCUT2D eigenvalue weighted by molar-refractivity contribution is -0.124. The fourth-order valence-electron chi connectivity index (χ4n) is 3.62. The molecule has 2 heterocycles. The average Bonchev–Trinajstić information content (AvgIpc) is 3.04. The van der Waals surface area contributed by atoms with Gasteiger partial charge in [0.05, 0.1) is 5.69 Å². The number of amides is 2. The lowest BCUT2D eigenvalue weighted by atomic mass is 9.86. The van der Waals surface area contributed by atoms with Gasteiger partial charge in [0.15, 0.2) is 0 Å². The summed E-state index contributed by atoms with van der Waals surface area (Å²) in [5.74, 6) is -1.53. The Morgan fingerprint density at radius 1 is 1.23 bits per heavy atom. The summed E-state index contributed by atoms with van der Waals surface area (Å²) in [5.41, 5.74) is 1.01. The molecular weight excluding hydrogens is 392 g/mol. The summed E-state index contributed by atoms with van der Waals surface area (Å²) >= 11 is 0. The Morgan fingerprint density at radius 3 is 2.57 bits per heavy atom. The Kier molecular flexibility index (Phi) is 5.94. The molecule has 2 amide bonds. The predicted octanol–water partition coefficient (Wildman–Crippen LogP) is 2.53. The first-order chi connectivity index (χ1) is 14.0. The molecule has 0 saturated carbocycles. The molecule has 0 spiro atoms. The average molecular weight is 419 g/mol. The number of fused-ring (bicyclic) bond motifs is 1. The van der Waals surface area contributed by atoms with E-state index in [0.29, 0.717) is 30.8 Å². The molecule has 30 heavy (non-hydrogen) atoms. The number of carbonyl (C=O) groups is 2. The van der Waals surface area contributed by atoms with E-state index in [2.05, 4.69) is 15.7 Å². The monoisotopic (exact) mass is 419 g/mol. The number of nitrogens with one attached hydrogen (secondary N) is 2. The second-order valence-electron chi connectivity index (χ2n) is 8.66. The number of nitrogens with zero attached hydrogens (tertiary/aromatic N) is 3. The molecule has 2 N–H and O–H groups in total. The van der Waals surface area contributed by atoms with Crippen LogP contribution in [-0.4, -0.2) is 53.3 Å². The van der Waals surface area contributed by atoms with Crippen molar-refractivity contribution >= 4 is 11.9 Å². The highest BCUT2D eigenvalue weighted by Gasteiger charge is 2.34. The molecule has 9 heteroatoms. The van der Waals surface area contributed by atoms with Crippen LogP contribution >= 0.6 is 0 Å². The fraction of sp³-hybridized carbons (Fsp3) is 0.476. The van der Waals surface area contributed by atoms with Crippen LogP contribution < -0.4 is 10.6 Å². The number of benzene rings is 1. The van der Waals surface area contributed by atoms with Crippen molar-refractivity contribution in [2.24, 2.45) is 5.41 Å². The number of hydrogen-bond donors (Lipinski definition) is 2. The number of hydrogen-bond acceptors (Lipinski definition) is 4. The summed E-state index contributed by atoms with van der Waals surface area (Å²) in [7, 11) is 3.41. The molecule has 0 bridgehead atoms. The Bertz CT molecular complexity index is 981. The molecule has 3 rings (SSSR count). The molecular formula is C21H27F2N5O2. The third kappa shape index (κ3) is 4.21. The van der Waals surface area contributed by atoms with Gasteiger partial charge in [0.25, 0.3) is 0 Å². The van der Waals surface area contributed by atoms with Crippen LogP contribution in [0.2, 0.25) is 0 Å². The van der Waals surface area contributed by atoms with E-state index < -0.39 is 29.1 Å². The predicted molar refractivity (Wildman–Crippen MR) is 109 cm³/mol. The molecule has 1 aromatic heterocycles. The molecule has 1 atom stereocenters. The number of carbonyl (C=O) groups excluding carboxylic acids is 2. The van der Waals surface area contributed by atoms with Crippen LogP contribution in [-0.2, 0) is 17.8 Å². The summed E-state index contributed by atoms with van der Waals surface area (Å²) in [5, 5.41) is 9.66. The second-order valence-corrected chi connectivity index (χ2v) is 8.66. The van der Waals surface area contributed by atoms with Crippen molar-refractivity contribution in [2.75, 3.05) is 20.6 Å². The fourth-order valence-corrected chi connectivity index (χ4v) is 3.62. The van der Waals surface area contributed by atoms with Crippen LogP contribution in [0.1, 0.15) is 32.0 Å². The minimum absolute atomic E-state index is 0.00627. The number of likely N-dealkylation sites (N-methyl/N-ethyl adjacent to an activating group) is 2. The van der Waals surface area contributed by atoms with E-state index in [9.17, 15) is 18.4 Å². The first kappa shape index (κ1) is 21.9. The van der Waals surface area contributed by atoms with Gasteiger partial charge in [-0.05, 0) is 30.7 Å². The van der Waals surface area contributed by atoms with Crippen molar-refractivity contribution in [3.63, 3.8) is 0 Å². The SMILES string of the molecule is CNC(=O)[C@@H](NC(=O)n1nc(-c2cc(F)ccc2F)c2c1CCN(C)C2)C(C)(C)C. The lowest BCUT2D eigenvalue weighted by Crippen LogP contribution is -2.54. The van der Waals surface area contributed by atoms with Crippen LogP contribution in [0.15, 0.2) is 18.2 Å². The van der Waals surface area contributed by atoms with Crippen LogP contribution in [0.4, 0.5) is 13.6 Å². The van der Waals surface area contributed by atoms with Gasteiger partial charge in [0.2, 0.25) is 5.91 Å². The Morgan fingerprint density at radius 2 is 1.93 bits per heavy atom. The first-order valence-corrected chi connectivity index (χ1v) is 9.80. The summed E-state index contributed by atoms with van der Waals surface area (Å²) < 4.78 is 29.5. The maximum absolute atomic E-state index is 14.5. The van der Waals surface area contributed by atoms with E-state index in [0.717, 1.165) is 18.2 Å².